The molecule has 0 radical (unpaired) electrons. The maximum Gasteiger partial charge on any atom is 0.269 e. The SMILES string of the molecule is CC(C)(C)NCC(=O)NCCc1ccc([N+](=O)[O-])cc1. The molecule has 0 aliphatic rings. The Morgan fingerprint density at radius 3 is 2.35 bits per heavy atom. The van der Waals surface area contributed by atoms with Crippen molar-refractivity contribution in [3.8, 4) is 0 Å². The minimum absolute atomic E-state index is 0.0539. The van der Waals surface area contributed by atoms with E-state index in [-0.39, 0.29) is 23.7 Å². The minimum atomic E-state index is -0.427. The molecule has 1 aromatic rings. The third-order valence-electron chi connectivity index (χ3n) is 2.66. The van der Waals surface area contributed by atoms with Crippen molar-refractivity contribution in [1.82, 2.24) is 10.6 Å². The zero-order valence-electron chi connectivity index (χ0n) is 12.1. The van der Waals surface area contributed by atoms with Crippen LogP contribution in [0.3, 0.4) is 0 Å². The normalized spacial score (nSPS) is 11.2. The van der Waals surface area contributed by atoms with Crippen molar-refractivity contribution in [1.29, 1.82) is 0 Å². The van der Waals surface area contributed by atoms with Gasteiger partial charge in [-0.3, -0.25) is 14.9 Å². The Labute approximate surface area is 118 Å². The molecule has 0 fully saturated rings. The molecule has 0 aliphatic carbocycles. The predicted octanol–water partition coefficient (Wildman–Crippen LogP) is 1.64. The maximum atomic E-state index is 11.6. The molecule has 0 heterocycles. The van der Waals surface area contributed by atoms with E-state index in [4.69, 9.17) is 0 Å². The van der Waals surface area contributed by atoms with Crippen molar-refractivity contribution in [3.63, 3.8) is 0 Å². The van der Waals surface area contributed by atoms with Crippen LogP contribution in [0.4, 0.5) is 5.69 Å². The third-order valence-corrected chi connectivity index (χ3v) is 2.66. The van der Waals surface area contributed by atoms with E-state index in [1.54, 1.807) is 12.1 Å². The average molecular weight is 279 g/mol. The van der Waals surface area contributed by atoms with E-state index in [9.17, 15) is 14.9 Å². The van der Waals surface area contributed by atoms with Gasteiger partial charge in [0.25, 0.3) is 5.69 Å². The fourth-order valence-electron chi connectivity index (χ4n) is 1.54. The summed E-state index contributed by atoms with van der Waals surface area (Å²) in [7, 11) is 0. The molecule has 110 valence electrons. The molecule has 0 bridgehead atoms. The van der Waals surface area contributed by atoms with E-state index in [0.717, 1.165) is 5.56 Å². The van der Waals surface area contributed by atoms with Gasteiger partial charge in [0.1, 0.15) is 0 Å². The summed E-state index contributed by atoms with van der Waals surface area (Å²) in [4.78, 5) is 21.6. The second kappa shape index (κ2) is 7.00. The summed E-state index contributed by atoms with van der Waals surface area (Å²) in [6.07, 6.45) is 0.652. The van der Waals surface area contributed by atoms with Crippen LogP contribution in [0.1, 0.15) is 26.3 Å². The molecule has 0 saturated heterocycles. The summed E-state index contributed by atoms with van der Waals surface area (Å²) < 4.78 is 0. The number of hydrogen-bond donors (Lipinski definition) is 2. The first kappa shape index (κ1) is 16.1. The minimum Gasteiger partial charge on any atom is -0.355 e. The zero-order chi connectivity index (χ0) is 15.2. The van der Waals surface area contributed by atoms with Crippen LogP contribution in [0.25, 0.3) is 0 Å². The van der Waals surface area contributed by atoms with Crippen LogP contribution in [0.2, 0.25) is 0 Å². The van der Waals surface area contributed by atoms with Crippen molar-refractivity contribution in [2.45, 2.75) is 32.7 Å². The zero-order valence-corrected chi connectivity index (χ0v) is 12.1. The number of nitrogens with zero attached hydrogens (tertiary/aromatic N) is 1. The molecule has 0 atom stereocenters. The van der Waals surface area contributed by atoms with Crippen LogP contribution in [-0.4, -0.2) is 29.5 Å². The number of nitro groups is 1. The Hall–Kier alpha value is -1.95. The number of rotatable bonds is 6. The monoisotopic (exact) mass is 279 g/mol. The van der Waals surface area contributed by atoms with Gasteiger partial charge in [-0.2, -0.15) is 0 Å². The number of carbonyl (C=O) groups excluding carboxylic acids is 1. The van der Waals surface area contributed by atoms with Crippen LogP contribution in [0.15, 0.2) is 24.3 Å². The van der Waals surface area contributed by atoms with Gasteiger partial charge in [0.05, 0.1) is 11.5 Å². The van der Waals surface area contributed by atoms with Crippen LogP contribution < -0.4 is 10.6 Å². The lowest BCUT2D eigenvalue weighted by Crippen LogP contribution is -2.43. The van der Waals surface area contributed by atoms with Gasteiger partial charge in [-0.15, -0.1) is 0 Å². The molecule has 1 amide bonds. The predicted molar refractivity (Wildman–Crippen MR) is 77.6 cm³/mol. The van der Waals surface area contributed by atoms with E-state index in [1.807, 2.05) is 20.8 Å². The Bertz CT molecular complexity index is 464. The van der Waals surface area contributed by atoms with Crippen molar-refractivity contribution in [2.24, 2.45) is 0 Å². The quantitative estimate of drug-likeness (QED) is 0.612. The Kier molecular flexibility index (Phi) is 5.64. The van der Waals surface area contributed by atoms with E-state index in [2.05, 4.69) is 10.6 Å². The van der Waals surface area contributed by atoms with E-state index in [0.29, 0.717) is 13.0 Å². The van der Waals surface area contributed by atoms with Gasteiger partial charge in [0, 0.05) is 24.2 Å². The number of hydrogen-bond acceptors (Lipinski definition) is 4. The highest BCUT2D eigenvalue weighted by Gasteiger charge is 2.10. The number of nitro benzene ring substituents is 1. The van der Waals surface area contributed by atoms with Crippen LogP contribution in [-0.2, 0) is 11.2 Å². The average Bonchev–Trinajstić information content (AvgIpc) is 2.36. The summed E-state index contributed by atoms with van der Waals surface area (Å²) in [5, 5.41) is 16.4. The van der Waals surface area contributed by atoms with E-state index >= 15 is 0 Å². The van der Waals surface area contributed by atoms with Gasteiger partial charge >= 0.3 is 0 Å². The highest BCUT2D eigenvalue weighted by atomic mass is 16.6. The maximum absolute atomic E-state index is 11.6. The fraction of sp³-hybridized carbons (Fsp3) is 0.500. The molecule has 1 aromatic carbocycles. The molecule has 0 aromatic heterocycles. The summed E-state index contributed by atoms with van der Waals surface area (Å²) in [5.74, 6) is -0.0539. The van der Waals surface area contributed by atoms with Gasteiger partial charge in [-0.1, -0.05) is 12.1 Å². The van der Waals surface area contributed by atoms with Crippen LogP contribution in [0.5, 0.6) is 0 Å². The van der Waals surface area contributed by atoms with Crippen LogP contribution in [0, 0.1) is 10.1 Å². The highest BCUT2D eigenvalue weighted by molar-refractivity contribution is 5.78. The Balaban J connectivity index is 2.30. The molecule has 6 nitrogen and oxygen atoms in total. The van der Waals surface area contributed by atoms with Gasteiger partial charge < -0.3 is 10.6 Å². The van der Waals surface area contributed by atoms with Crippen molar-refractivity contribution >= 4 is 11.6 Å². The van der Waals surface area contributed by atoms with E-state index < -0.39 is 4.92 Å². The highest BCUT2D eigenvalue weighted by Crippen LogP contribution is 2.11. The molecule has 0 spiro atoms. The van der Waals surface area contributed by atoms with Crippen molar-refractivity contribution < 1.29 is 9.72 Å². The largest absolute Gasteiger partial charge is 0.355 e. The molecule has 2 N–H and O–H groups in total. The Morgan fingerprint density at radius 1 is 1.25 bits per heavy atom. The molecular weight excluding hydrogens is 258 g/mol. The summed E-state index contributed by atoms with van der Waals surface area (Å²) >= 11 is 0. The number of non-ortho nitro benzene ring substituents is 1. The van der Waals surface area contributed by atoms with Gasteiger partial charge in [0.2, 0.25) is 5.91 Å². The van der Waals surface area contributed by atoms with E-state index in [1.165, 1.54) is 12.1 Å². The van der Waals surface area contributed by atoms with Crippen molar-refractivity contribution in [2.75, 3.05) is 13.1 Å². The second-order valence-electron chi connectivity index (χ2n) is 5.63. The number of nitrogens with one attached hydrogen (secondary N) is 2. The first-order valence-corrected chi connectivity index (χ1v) is 6.53. The second-order valence-corrected chi connectivity index (χ2v) is 5.63. The topological polar surface area (TPSA) is 84.3 Å². The van der Waals surface area contributed by atoms with Crippen LogP contribution >= 0.6 is 0 Å². The van der Waals surface area contributed by atoms with Gasteiger partial charge in [-0.05, 0) is 32.8 Å². The number of benzene rings is 1. The molecule has 0 aliphatic heterocycles. The van der Waals surface area contributed by atoms with Gasteiger partial charge in [-0.25, -0.2) is 0 Å². The van der Waals surface area contributed by atoms with Crippen molar-refractivity contribution in [3.05, 3.63) is 39.9 Å². The standard InChI is InChI=1S/C14H21N3O3/c1-14(2,3)16-10-13(18)15-9-8-11-4-6-12(7-5-11)17(19)20/h4-7,16H,8-10H2,1-3H3,(H,15,18). The summed E-state index contributed by atoms with van der Waals surface area (Å²) in [6.45, 7) is 6.79. The number of carbonyl (C=O) groups is 1. The fourth-order valence-corrected chi connectivity index (χ4v) is 1.54. The molecular formula is C14H21N3O3. The molecule has 0 saturated carbocycles. The molecule has 20 heavy (non-hydrogen) atoms. The lowest BCUT2D eigenvalue weighted by atomic mass is 10.1. The molecule has 6 heteroatoms. The Morgan fingerprint density at radius 2 is 1.85 bits per heavy atom. The lowest BCUT2D eigenvalue weighted by molar-refractivity contribution is -0.384. The smallest absolute Gasteiger partial charge is 0.269 e. The molecule has 0 unspecified atom stereocenters. The third kappa shape index (κ3) is 6.29. The van der Waals surface area contributed by atoms with Gasteiger partial charge in [0.15, 0.2) is 0 Å². The lowest BCUT2D eigenvalue weighted by Gasteiger charge is -2.19. The first-order valence-electron chi connectivity index (χ1n) is 6.53. The summed E-state index contributed by atoms with van der Waals surface area (Å²) in [6, 6.07) is 6.35. The first-order chi connectivity index (χ1) is 9.28. The number of amides is 1. The summed E-state index contributed by atoms with van der Waals surface area (Å²) in [5.41, 5.74) is 0.947. The molecule has 1 rings (SSSR count).